The van der Waals surface area contributed by atoms with Gasteiger partial charge in [0.25, 0.3) is 10.0 Å². The molecule has 3 rings (SSSR count). The van der Waals surface area contributed by atoms with Gasteiger partial charge in [-0.1, -0.05) is 48.5 Å². The molecule has 0 aliphatic heterocycles. The van der Waals surface area contributed by atoms with E-state index in [4.69, 9.17) is 0 Å². The molecule has 0 aliphatic carbocycles. The minimum atomic E-state index is -3.72. The van der Waals surface area contributed by atoms with Crippen molar-refractivity contribution in [1.29, 1.82) is 0 Å². The van der Waals surface area contributed by atoms with Gasteiger partial charge < -0.3 is 5.32 Å². The molecule has 0 unspecified atom stereocenters. The summed E-state index contributed by atoms with van der Waals surface area (Å²) in [5, 5.41) is 7.15. The first-order valence-corrected chi connectivity index (χ1v) is 8.49. The van der Waals surface area contributed by atoms with Crippen LogP contribution in [-0.2, 0) is 10.0 Å². The summed E-state index contributed by atoms with van der Waals surface area (Å²) in [6, 6.07) is 19.4. The van der Waals surface area contributed by atoms with Crippen LogP contribution in [0.15, 0.2) is 71.6 Å². The summed E-state index contributed by atoms with van der Waals surface area (Å²) < 4.78 is 25.0. The van der Waals surface area contributed by atoms with Crippen LogP contribution in [0.3, 0.4) is 0 Å². The van der Waals surface area contributed by atoms with E-state index in [0.717, 1.165) is 5.56 Å². The van der Waals surface area contributed by atoms with Crippen LogP contribution >= 0.6 is 0 Å². The molecule has 118 valence electrons. The van der Waals surface area contributed by atoms with Crippen LogP contribution in [0, 0.1) is 0 Å². The quantitative estimate of drug-likeness (QED) is 0.754. The third-order valence-electron chi connectivity index (χ3n) is 3.30. The van der Waals surface area contributed by atoms with Gasteiger partial charge in [0.15, 0.2) is 5.82 Å². The van der Waals surface area contributed by atoms with E-state index < -0.39 is 10.0 Å². The summed E-state index contributed by atoms with van der Waals surface area (Å²) in [5.41, 5.74) is 1.51. The second-order valence-corrected chi connectivity index (χ2v) is 6.51. The van der Waals surface area contributed by atoms with Gasteiger partial charge in [0, 0.05) is 18.7 Å². The molecule has 0 atom stereocenters. The van der Waals surface area contributed by atoms with E-state index in [1.165, 1.54) is 16.9 Å². The highest BCUT2D eigenvalue weighted by Gasteiger charge is 2.17. The molecule has 0 fully saturated rings. The van der Waals surface area contributed by atoms with Crippen molar-refractivity contribution in [3.8, 4) is 11.3 Å². The Morgan fingerprint density at radius 2 is 1.57 bits per heavy atom. The minimum absolute atomic E-state index is 0.181. The van der Waals surface area contributed by atoms with Crippen molar-refractivity contribution >= 4 is 15.8 Å². The average molecular weight is 328 g/mol. The zero-order valence-electron chi connectivity index (χ0n) is 12.5. The van der Waals surface area contributed by atoms with Crippen molar-refractivity contribution < 1.29 is 8.42 Å². The Morgan fingerprint density at radius 1 is 0.957 bits per heavy atom. The SMILES string of the molecule is CNc1cc(-c2ccccc2)n(NS(=O)(=O)c2ccccc2)n1. The number of benzene rings is 2. The van der Waals surface area contributed by atoms with Gasteiger partial charge in [0.2, 0.25) is 0 Å². The van der Waals surface area contributed by atoms with Gasteiger partial charge in [-0.3, -0.25) is 0 Å². The van der Waals surface area contributed by atoms with Gasteiger partial charge in [-0.05, 0) is 12.1 Å². The fourth-order valence-corrected chi connectivity index (χ4v) is 3.14. The van der Waals surface area contributed by atoms with Crippen LogP contribution in [0.5, 0.6) is 0 Å². The van der Waals surface area contributed by atoms with E-state index in [-0.39, 0.29) is 4.90 Å². The summed E-state index contributed by atoms with van der Waals surface area (Å²) in [5.74, 6) is 0.569. The molecule has 1 heterocycles. The number of sulfonamides is 1. The van der Waals surface area contributed by atoms with Gasteiger partial charge in [-0.2, -0.15) is 18.0 Å². The Kier molecular flexibility index (Phi) is 4.03. The first kappa shape index (κ1) is 15.1. The van der Waals surface area contributed by atoms with E-state index in [0.29, 0.717) is 11.5 Å². The molecule has 0 saturated heterocycles. The van der Waals surface area contributed by atoms with Gasteiger partial charge in [0.05, 0.1) is 10.6 Å². The van der Waals surface area contributed by atoms with Crippen molar-refractivity contribution in [2.24, 2.45) is 0 Å². The fraction of sp³-hybridized carbons (Fsp3) is 0.0625. The molecule has 2 aromatic carbocycles. The first-order valence-electron chi connectivity index (χ1n) is 7.01. The lowest BCUT2D eigenvalue weighted by atomic mass is 10.1. The summed E-state index contributed by atoms with van der Waals surface area (Å²) in [7, 11) is -1.99. The van der Waals surface area contributed by atoms with Gasteiger partial charge >= 0.3 is 0 Å². The highest BCUT2D eigenvalue weighted by Crippen LogP contribution is 2.22. The zero-order valence-corrected chi connectivity index (χ0v) is 13.3. The van der Waals surface area contributed by atoms with E-state index >= 15 is 0 Å². The van der Waals surface area contributed by atoms with Crippen LogP contribution in [0.25, 0.3) is 11.3 Å². The zero-order chi connectivity index (χ0) is 16.3. The van der Waals surface area contributed by atoms with Crippen molar-refractivity contribution in [2.45, 2.75) is 4.90 Å². The first-order chi connectivity index (χ1) is 11.1. The topological polar surface area (TPSA) is 76.0 Å². The van der Waals surface area contributed by atoms with Gasteiger partial charge in [0.1, 0.15) is 0 Å². The number of hydrogen-bond donors (Lipinski definition) is 2. The van der Waals surface area contributed by atoms with Crippen LogP contribution in [0.1, 0.15) is 0 Å². The van der Waals surface area contributed by atoms with Crippen LogP contribution < -0.4 is 10.1 Å². The standard InChI is InChI=1S/C16H16N4O2S/c1-17-16-12-15(13-8-4-2-5-9-13)20(18-16)19-23(21,22)14-10-6-3-7-11-14/h2-12,19H,1H3,(H,17,18). The minimum Gasteiger partial charge on any atom is -0.372 e. The summed E-state index contributed by atoms with van der Waals surface area (Å²) in [6.45, 7) is 0. The molecule has 7 heteroatoms. The second kappa shape index (κ2) is 6.13. The number of nitrogens with one attached hydrogen (secondary N) is 2. The van der Waals surface area contributed by atoms with Crippen LogP contribution in [-0.4, -0.2) is 25.4 Å². The molecule has 0 bridgehead atoms. The maximum absolute atomic E-state index is 12.5. The lowest BCUT2D eigenvalue weighted by molar-refractivity contribution is 0.592. The molecule has 0 saturated carbocycles. The fourth-order valence-electron chi connectivity index (χ4n) is 2.15. The molecule has 0 radical (unpaired) electrons. The molecule has 0 aliphatic rings. The summed E-state index contributed by atoms with van der Waals surface area (Å²) in [6.07, 6.45) is 0. The Balaban J connectivity index is 2.02. The van der Waals surface area contributed by atoms with Crippen molar-refractivity contribution in [3.63, 3.8) is 0 Å². The van der Waals surface area contributed by atoms with E-state index in [1.807, 2.05) is 30.3 Å². The third kappa shape index (κ3) is 3.19. The lowest BCUT2D eigenvalue weighted by Crippen LogP contribution is -2.25. The Labute approximate surface area is 134 Å². The maximum atomic E-state index is 12.5. The number of anilines is 1. The van der Waals surface area contributed by atoms with Crippen molar-refractivity contribution in [1.82, 2.24) is 9.89 Å². The van der Waals surface area contributed by atoms with Gasteiger partial charge in [-0.25, -0.2) is 0 Å². The van der Waals surface area contributed by atoms with Crippen molar-refractivity contribution in [3.05, 3.63) is 66.7 Å². The predicted octanol–water partition coefficient (Wildman–Crippen LogP) is 2.52. The number of nitrogens with zero attached hydrogens (tertiary/aromatic N) is 2. The third-order valence-corrected chi connectivity index (χ3v) is 4.60. The van der Waals surface area contributed by atoms with Crippen LogP contribution in [0.2, 0.25) is 0 Å². The molecule has 23 heavy (non-hydrogen) atoms. The molecule has 0 amide bonds. The molecule has 0 spiro atoms. The normalized spacial score (nSPS) is 11.2. The molecule has 2 N–H and O–H groups in total. The summed E-state index contributed by atoms with van der Waals surface area (Å²) in [4.78, 5) is 3.94. The maximum Gasteiger partial charge on any atom is 0.276 e. The number of hydrogen-bond acceptors (Lipinski definition) is 4. The second-order valence-electron chi connectivity index (χ2n) is 4.85. The van der Waals surface area contributed by atoms with E-state index in [2.05, 4.69) is 15.2 Å². The lowest BCUT2D eigenvalue weighted by Gasteiger charge is -2.11. The Morgan fingerprint density at radius 3 is 2.17 bits per heavy atom. The predicted molar refractivity (Wildman–Crippen MR) is 90.2 cm³/mol. The number of rotatable bonds is 5. The van der Waals surface area contributed by atoms with Crippen molar-refractivity contribution in [2.75, 3.05) is 17.2 Å². The van der Waals surface area contributed by atoms with E-state index in [1.54, 1.807) is 31.3 Å². The Bertz CT molecular complexity index is 890. The largest absolute Gasteiger partial charge is 0.372 e. The average Bonchev–Trinajstić information content (AvgIpc) is 2.99. The molecule has 1 aromatic heterocycles. The monoisotopic (exact) mass is 328 g/mol. The Hall–Kier alpha value is -2.80. The van der Waals surface area contributed by atoms with Crippen LogP contribution in [0.4, 0.5) is 5.82 Å². The molecular weight excluding hydrogens is 312 g/mol. The molecular formula is C16H16N4O2S. The molecule has 3 aromatic rings. The highest BCUT2D eigenvalue weighted by atomic mass is 32.2. The van der Waals surface area contributed by atoms with E-state index in [9.17, 15) is 8.42 Å². The summed E-state index contributed by atoms with van der Waals surface area (Å²) >= 11 is 0. The number of aromatic nitrogens is 2. The highest BCUT2D eigenvalue weighted by molar-refractivity contribution is 7.92. The van der Waals surface area contributed by atoms with Gasteiger partial charge in [-0.15, -0.1) is 5.10 Å². The molecule has 6 nitrogen and oxygen atoms in total. The smallest absolute Gasteiger partial charge is 0.276 e.